The standard InChI is InChI=1S/C16H16N2O5/c1-11-3-5-13(7-15(11)17(19)20)9-23-10-14-6-4-12(2)16(8-14)18(21)22/h3-8H,9-10H2,1-2H3. The van der Waals surface area contributed by atoms with E-state index in [2.05, 4.69) is 0 Å². The minimum absolute atomic E-state index is 0.0528. The quantitative estimate of drug-likeness (QED) is 0.596. The zero-order valence-electron chi connectivity index (χ0n) is 12.8. The summed E-state index contributed by atoms with van der Waals surface area (Å²) in [7, 11) is 0. The van der Waals surface area contributed by atoms with E-state index >= 15 is 0 Å². The third-order valence-corrected chi connectivity index (χ3v) is 3.48. The number of hydrogen-bond acceptors (Lipinski definition) is 5. The summed E-state index contributed by atoms with van der Waals surface area (Å²) >= 11 is 0. The summed E-state index contributed by atoms with van der Waals surface area (Å²) < 4.78 is 5.51. The van der Waals surface area contributed by atoms with Gasteiger partial charge in [-0.05, 0) is 25.0 Å². The van der Waals surface area contributed by atoms with Crippen LogP contribution in [0, 0.1) is 34.1 Å². The number of benzene rings is 2. The average Bonchev–Trinajstić information content (AvgIpc) is 2.50. The van der Waals surface area contributed by atoms with Gasteiger partial charge in [0.15, 0.2) is 0 Å². The van der Waals surface area contributed by atoms with Gasteiger partial charge in [0, 0.05) is 23.3 Å². The summed E-state index contributed by atoms with van der Waals surface area (Å²) in [4.78, 5) is 20.9. The molecule has 0 heterocycles. The normalized spacial score (nSPS) is 10.5. The first kappa shape index (κ1) is 16.6. The van der Waals surface area contributed by atoms with Crippen molar-refractivity contribution in [3.05, 3.63) is 78.9 Å². The molecule has 7 nitrogen and oxygen atoms in total. The molecule has 0 unspecified atom stereocenters. The van der Waals surface area contributed by atoms with E-state index in [1.165, 1.54) is 12.1 Å². The van der Waals surface area contributed by atoms with Crippen LogP contribution in [-0.2, 0) is 18.0 Å². The SMILES string of the molecule is Cc1ccc(COCc2ccc(C)c([N+](=O)[O-])c2)cc1[N+](=O)[O-]. The average molecular weight is 316 g/mol. The smallest absolute Gasteiger partial charge is 0.272 e. The highest BCUT2D eigenvalue weighted by Gasteiger charge is 2.12. The van der Waals surface area contributed by atoms with Gasteiger partial charge in [0.1, 0.15) is 0 Å². The molecule has 0 aliphatic carbocycles. The lowest BCUT2D eigenvalue weighted by molar-refractivity contribution is -0.385. The number of ether oxygens (including phenoxy) is 1. The molecule has 2 rings (SSSR count). The van der Waals surface area contributed by atoms with E-state index in [1.807, 2.05) is 0 Å². The van der Waals surface area contributed by atoms with Gasteiger partial charge in [-0.15, -0.1) is 0 Å². The molecule has 0 amide bonds. The Morgan fingerprint density at radius 3 is 1.57 bits per heavy atom. The lowest BCUT2D eigenvalue weighted by Crippen LogP contribution is -1.99. The van der Waals surface area contributed by atoms with E-state index in [1.54, 1.807) is 38.1 Å². The van der Waals surface area contributed by atoms with Gasteiger partial charge in [0.25, 0.3) is 11.4 Å². The molecule has 23 heavy (non-hydrogen) atoms. The monoisotopic (exact) mass is 316 g/mol. The Morgan fingerprint density at radius 1 is 0.826 bits per heavy atom. The minimum atomic E-state index is -0.428. The fourth-order valence-corrected chi connectivity index (χ4v) is 2.17. The first-order valence-electron chi connectivity index (χ1n) is 6.94. The van der Waals surface area contributed by atoms with Crippen LogP contribution in [0.3, 0.4) is 0 Å². The van der Waals surface area contributed by atoms with Crippen LogP contribution in [0.25, 0.3) is 0 Å². The van der Waals surface area contributed by atoms with Gasteiger partial charge in [-0.2, -0.15) is 0 Å². The van der Waals surface area contributed by atoms with Crippen LogP contribution in [0.15, 0.2) is 36.4 Å². The van der Waals surface area contributed by atoms with Gasteiger partial charge in [-0.3, -0.25) is 20.2 Å². The Balaban J connectivity index is 2.03. The molecule has 0 bridgehead atoms. The Labute approximate surface area is 132 Å². The zero-order valence-corrected chi connectivity index (χ0v) is 12.8. The van der Waals surface area contributed by atoms with Crippen molar-refractivity contribution in [2.24, 2.45) is 0 Å². The van der Waals surface area contributed by atoms with E-state index in [-0.39, 0.29) is 24.6 Å². The zero-order chi connectivity index (χ0) is 17.0. The summed E-state index contributed by atoms with van der Waals surface area (Å²) in [6.07, 6.45) is 0. The number of hydrogen-bond donors (Lipinski definition) is 0. The maximum atomic E-state index is 10.9. The number of nitro groups is 2. The first-order valence-corrected chi connectivity index (χ1v) is 6.94. The Hall–Kier alpha value is -2.80. The van der Waals surface area contributed by atoms with Gasteiger partial charge in [0.2, 0.25) is 0 Å². The maximum absolute atomic E-state index is 10.9. The molecular weight excluding hydrogens is 300 g/mol. The molecule has 0 saturated carbocycles. The number of rotatable bonds is 6. The van der Waals surface area contributed by atoms with Crippen LogP contribution in [0.5, 0.6) is 0 Å². The van der Waals surface area contributed by atoms with Crippen LogP contribution >= 0.6 is 0 Å². The molecule has 2 aromatic rings. The number of nitrogens with zero attached hydrogens (tertiary/aromatic N) is 2. The molecule has 7 heteroatoms. The summed E-state index contributed by atoms with van der Waals surface area (Å²) in [6, 6.07) is 9.83. The van der Waals surface area contributed by atoms with Gasteiger partial charge in [-0.1, -0.05) is 24.3 Å². The van der Waals surface area contributed by atoms with Crippen molar-refractivity contribution in [1.29, 1.82) is 0 Å². The topological polar surface area (TPSA) is 95.5 Å². The van der Waals surface area contributed by atoms with Gasteiger partial charge < -0.3 is 4.74 Å². The van der Waals surface area contributed by atoms with E-state index in [0.29, 0.717) is 22.3 Å². The van der Waals surface area contributed by atoms with Crippen molar-refractivity contribution in [3.8, 4) is 0 Å². The van der Waals surface area contributed by atoms with Crippen molar-refractivity contribution in [2.45, 2.75) is 27.1 Å². The van der Waals surface area contributed by atoms with Crippen molar-refractivity contribution in [1.82, 2.24) is 0 Å². The van der Waals surface area contributed by atoms with Crippen LogP contribution < -0.4 is 0 Å². The van der Waals surface area contributed by atoms with Crippen molar-refractivity contribution >= 4 is 11.4 Å². The van der Waals surface area contributed by atoms with E-state index in [0.717, 1.165) is 0 Å². The second kappa shape index (κ2) is 6.97. The maximum Gasteiger partial charge on any atom is 0.272 e. The summed E-state index contributed by atoms with van der Waals surface area (Å²) in [6.45, 7) is 3.74. The van der Waals surface area contributed by atoms with Gasteiger partial charge in [-0.25, -0.2) is 0 Å². The lowest BCUT2D eigenvalue weighted by Gasteiger charge is -2.06. The second-order valence-electron chi connectivity index (χ2n) is 5.25. The highest BCUT2D eigenvalue weighted by molar-refractivity contribution is 5.43. The molecule has 0 aliphatic rings. The van der Waals surface area contributed by atoms with Crippen LogP contribution in [0.1, 0.15) is 22.3 Å². The molecule has 0 radical (unpaired) electrons. The van der Waals surface area contributed by atoms with E-state index < -0.39 is 9.85 Å². The molecule has 0 fully saturated rings. The number of nitro benzene ring substituents is 2. The van der Waals surface area contributed by atoms with Crippen molar-refractivity contribution in [2.75, 3.05) is 0 Å². The molecule has 0 N–H and O–H groups in total. The molecule has 120 valence electrons. The van der Waals surface area contributed by atoms with Crippen molar-refractivity contribution in [3.63, 3.8) is 0 Å². The summed E-state index contributed by atoms with van der Waals surface area (Å²) in [5, 5.41) is 21.8. The predicted molar refractivity (Wildman–Crippen MR) is 84.2 cm³/mol. The third-order valence-electron chi connectivity index (χ3n) is 3.48. The van der Waals surface area contributed by atoms with E-state index in [4.69, 9.17) is 4.74 Å². The molecule has 2 aromatic carbocycles. The molecule has 0 aliphatic heterocycles. The Bertz CT molecular complexity index is 695. The predicted octanol–water partition coefficient (Wildman–Crippen LogP) is 3.84. The largest absolute Gasteiger partial charge is 0.372 e. The van der Waals surface area contributed by atoms with Crippen molar-refractivity contribution < 1.29 is 14.6 Å². The van der Waals surface area contributed by atoms with Crippen LogP contribution in [-0.4, -0.2) is 9.85 Å². The fraction of sp³-hybridized carbons (Fsp3) is 0.250. The molecule has 0 aromatic heterocycles. The van der Waals surface area contributed by atoms with Crippen LogP contribution in [0.2, 0.25) is 0 Å². The van der Waals surface area contributed by atoms with E-state index in [9.17, 15) is 20.2 Å². The first-order chi connectivity index (χ1) is 10.9. The molecule has 0 atom stereocenters. The van der Waals surface area contributed by atoms with Gasteiger partial charge >= 0.3 is 0 Å². The highest BCUT2D eigenvalue weighted by atomic mass is 16.6. The summed E-state index contributed by atoms with van der Waals surface area (Å²) in [5.74, 6) is 0. The fourth-order valence-electron chi connectivity index (χ4n) is 2.17. The minimum Gasteiger partial charge on any atom is -0.372 e. The Kier molecular flexibility index (Phi) is 5.02. The summed E-state index contributed by atoms with van der Waals surface area (Å²) in [5.41, 5.74) is 2.66. The number of aryl methyl sites for hydroxylation is 2. The molecule has 0 spiro atoms. The van der Waals surface area contributed by atoms with Gasteiger partial charge in [0.05, 0.1) is 23.1 Å². The highest BCUT2D eigenvalue weighted by Crippen LogP contribution is 2.22. The lowest BCUT2D eigenvalue weighted by atomic mass is 10.1. The third kappa shape index (κ3) is 4.10. The second-order valence-corrected chi connectivity index (χ2v) is 5.25. The Morgan fingerprint density at radius 2 is 1.22 bits per heavy atom. The molecule has 0 saturated heterocycles. The van der Waals surface area contributed by atoms with Crippen LogP contribution in [0.4, 0.5) is 11.4 Å². The molecular formula is C16H16N2O5.